The van der Waals surface area contributed by atoms with Crippen LogP contribution in [0.3, 0.4) is 0 Å². The topological polar surface area (TPSA) is 54.2 Å². The molecule has 1 aliphatic heterocycles. The lowest BCUT2D eigenvalue weighted by Crippen LogP contribution is -2.36. The monoisotopic (exact) mass is 262 g/mol. The second kappa shape index (κ2) is 6.13. The van der Waals surface area contributed by atoms with E-state index in [0.717, 1.165) is 42.1 Å². The first kappa shape index (κ1) is 14.0. The summed E-state index contributed by atoms with van der Waals surface area (Å²) < 4.78 is 0. The molecule has 106 valence electrons. The first-order chi connectivity index (χ1) is 9.11. The van der Waals surface area contributed by atoms with Crippen molar-refractivity contribution >= 4 is 17.2 Å². The molecule has 0 aromatic carbocycles. The molecule has 3 N–H and O–H groups in total. The zero-order valence-corrected chi connectivity index (χ0v) is 12.3. The van der Waals surface area contributed by atoms with Gasteiger partial charge in [0.1, 0.15) is 0 Å². The summed E-state index contributed by atoms with van der Waals surface area (Å²) in [6, 6.07) is 2.04. The summed E-state index contributed by atoms with van der Waals surface area (Å²) in [5, 5.41) is 3.06. The van der Waals surface area contributed by atoms with Gasteiger partial charge < -0.3 is 16.0 Å². The number of nitrogen functional groups attached to an aromatic ring is 1. The minimum atomic E-state index is 0.771. The molecular weight excluding hydrogens is 236 g/mol. The number of anilines is 3. The lowest BCUT2D eigenvalue weighted by atomic mass is 9.89. The highest BCUT2D eigenvalue weighted by Crippen LogP contribution is 2.32. The summed E-state index contributed by atoms with van der Waals surface area (Å²) >= 11 is 0. The van der Waals surface area contributed by atoms with Gasteiger partial charge in [0.2, 0.25) is 0 Å². The molecular formula is C15H26N4. The molecule has 1 saturated heterocycles. The Kier molecular flexibility index (Phi) is 4.51. The summed E-state index contributed by atoms with van der Waals surface area (Å²) in [5.74, 6) is 2.34. The summed E-state index contributed by atoms with van der Waals surface area (Å²) in [5.41, 5.74) is 8.11. The van der Waals surface area contributed by atoms with Crippen LogP contribution in [0, 0.1) is 11.8 Å². The Morgan fingerprint density at radius 1 is 1.53 bits per heavy atom. The number of nitrogens with two attached hydrogens (primary N) is 1. The molecule has 1 aromatic rings. The van der Waals surface area contributed by atoms with Crippen LogP contribution in [0.4, 0.5) is 17.2 Å². The maximum absolute atomic E-state index is 6.20. The summed E-state index contributed by atoms with van der Waals surface area (Å²) in [7, 11) is 1.86. The van der Waals surface area contributed by atoms with Gasteiger partial charge in [0, 0.05) is 26.3 Å². The van der Waals surface area contributed by atoms with Gasteiger partial charge in [-0.15, -0.1) is 0 Å². The van der Waals surface area contributed by atoms with Crippen molar-refractivity contribution in [1.82, 2.24) is 4.98 Å². The fourth-order valence-corrected chi connectivity index (χ4v) is 3.08. The summed E-state index contributed by atoms with van der Waals surface area (Å²) in [4.78, 5) is 6.68. The lowest BCUT2D eigenvalue weighted by Gasteiger charge is -2.36. The van der Waals surface area contributed by atoms with Crippen molar-refractivity contribution in [3.05, 3.63) is 12.3 Å². The third kappa shape index (κ3) is 3.31. The highest BCUT2D eigenvalue weighted by Gasteiger charge is 2.22. The standard InChI is InChI=1S/C15H26N4/c1-11(2)9-12-5-4-8-19(10-12)13-6-7-18-15(17-3)14(13)16/h6-7,11-12H,4-5,8-10,16H2,1-3H3,(H,17,18). The predicted molar refractivity (Wildman–Crippen MR) is 82.6 cm³/mol. The number of rotatable bonds is 4. The highest BCUT2D eigenvalue weighted by molar-refractivity contribution is 5.78. The molecule has 2 heterocycles. The molecule has 0 saturated carbocycles. The Bertz CT molecular complexity index is 417. The van der Waals surface area contributed by atoms with Crippen molar-refractivity contribution in [2.24, 2.45) is 11.8 Å². The summed E-state index contributed by atoms with van der Waals surface area (Å²) in [6.45, 7) is 6.83. The van der Waals surface area contributed by atoms with Crippen LogP contribution in [0.15, 0.2) is 12.3 Å². The quantitative estimate of drug-likeness (QED) is 0.876. The van der Waals surface area contributed by atoms with Crippen LogP contribution in [0.2, 0.25) is 0 Å². The zero-order valence-electron chi connectivity index (χ0n) is 12.3. The Balaban J connectivity index is 2.13. The number of hydrogen-bond donors (Lipinski definition) is 2. The van der Waals surface area contributed by atoms with E-state index in [1.165, 1.54) is 19.3 Å². The molecule has 0 aliphatic carbocycles. The molecule has 1 aliphatic rings. The number of nitrogens with zero attached hydrogens (tertiary/aromatic N) is 2. The van der Waals surface area contributed by atoms with Gasteiger partial charge in [-0.05, 0) is 37.2 Å². The van der Waals surface area contributed by atoms with E-state index in [2.05, 4.69) is 29.0 Å². The van der Waals surface area contributed by atoms with E-state index in [-0.39, 0.29) is 0 Å². The second-order valence-electron chi connectivity index (χ2n) is 5.93. The molecule has 1 atom stereocenters. The van der Waals surface area contributed by atoms with E-state index in [1.807, 2.05) is 19.3 Å². The number of hydrogen-bond acceptors (Lipinski definition) is 4. The minimum Gasteiger partial charge on any atom is -0.394 e. The Labute approximate surface area is 116 Å². The van der Waals surface area contributed by atoms with Crippen molar-refractivity contribution in [3.63, 3.8) is 0 Å². The molecule has 0 bridgehead atoms. The Morgan fingerprint density at radius 2 is 2.32 bits per heavy atom. The molecule has 1 unspecified atom stereocenters. The van der Waals surface area contributed by atoms with Crippen LogP contribution in [0.5, 0.6) is 0 Å². The normalized spacial score (nSPS) is 19.8. The second-order valence-corrected chi connectivity index (χ2v) is 5.93. The molecule has 0 spiro atoms. The molecule has 0 radical (unpaired) electrons. The van der Waals surface area contributed by atoms with E-state index < -0.39 is 0 Å². The minimum absolute atomic E-state index is 0.771. The van der Waals surface area contributed by atoms with Crippen LogP contribution < -0.4 is 16.0 Å². The first-order valence-electron chi connectivity index (χ1n) is 7.29. The molecule has 4 heteroatoms. The van der Waals surface area contributed by atoms with Gasteiger partial charge in [0.05, 0.1) is 11.4 Å². The van der Waals surface area contributed by atoms with Gasteiger partial charge in [-0.25, -0.2) is 4.98 Å². The van der Waals surface area contributed by atoms with Gasteiger partial charge >= 0.3 is 0 Å². The van der Waals surface area contributed by atoms with E-state index in [4.69, 9.17) is 5.73 Å². The average molecular weight is 262 g/mol. The van der Waals surface area contributed by atoms with Gasteiger partial charge in [0.15, 0.2) is 5.82 Å². The van der Waals surface area contributed by atoms with Crippen molar-refractivity contribution in [3.8, 4) is 0 Å². The van der Waals surface area contributed by atoms with E-state index >= 15 is 0 Å². The summed E-state index contributed by atoms with van der Waals surface area (Å²) in [6.07, 6.45) is 5.75. The van der Waals surface area contributed by atoms with Crippen LogP contribution in [-0.4, -0.2) is 25.1 Å². The number of pyridine rings is 1. The van der Waals surface area contributed by atoms with E-state index in [1.54, 1.807) is 0 Å². The van der Waals surface area contributed by atoms with Crippen molar-refractivity contribution in [2.45, 2.75) is 33.1 Å². The van der Waals surface area contributed by atoms with Crippen molar-refractivity contribution < 1.29 is 0 Å². The van der Waals surface area contributed by atoms with Crippen molar-refractivity contribution in [1.29, 1.82) is 0 Å². The third-order valence-electron chi connectivity index (χ3n) is 3.87. The predicted octanol–water partition coefficient (Wildman–Crippen LogP) is 2.97. The molecule has 4 nitrogen and oxygen atoms in total. The molecule has 19 heavy (non-hydrogen) atoms. The average Bonchev–Trinajstić information content (AvgIpc) is 2.38. The van der Waals surface area contributed by atoms with Gasteiger partial charge in [0.25, 0.3) is 0 Å². The fourth-order valence-electron chi connectivity index (χ4n) is 3.08. The maximum atomic E-state index is 6.20. The number of nitrogens with one attached hydrogen (secondary N) is 1. The van der Waals surface area contributed by atoms with Gasteiger partial charge in [-0.3, -0.25) is 0 Å². The highest BCUT2D eigenvalue weighted by atomic mass is 15.2. The fraction of sp³-hybridized carbons (Fsp3) is 0.667. The van der Waals surface area contributed by atoms with Crippen molar-refractivity contribution in [2.75, 3.05) is 36.1 Å². The first-order valence-corrected chi connectivity index (χ1v) is 7.29. The van der Waals surface area contributed by atoms with E-state index in [9.17, 15) is 0 Å². The maximum Gasteiger partial charge on any atom is 0.151 e. The van der Waals surface area contributed by atoms with Crippen LogP contribution >= 0.6 is 0 Å². The molecule has 1 fully saturated rings. The Hall–Kier alpha value is -1.45. The van der Waals surface area contributed by atoms with Crippen LogP contribution in [0.1, 0.15) is 33.1 Å². The largest absolute Gasteiger partial charge is 0.394 e. The Morgan fingerprint density at radius 3 is 3.00 bits per heavy atom. The number of piperidine rings is 1. The van der Waals surface area contributed by atoms with Crippen LogP contribution in [-0.2, 0) is 0 Å². The number of aromatic nitrogens is 1. The van der Waals surface area contributed by atoms with Gasteiger partial charge in [-0.1, -0.05) is 13.8 Å². The molecule has 2 rings (SSSR count). The third-order valence-corrected chi connectivity index (χ3v) is 3.87. The molecule has 0 amide bonds. The van der Waals surface area contributed by atoms with E-state index in [0.29, 0.717) is 0 Å². The van der Waals surface area contributed by atoms with Crippen LogP contribution in [0.25, 0.3) is 0 Å². The van der Waals surface area contributed by atoms with Gasteiger partial charge in [-0.2, -0.15) is 0 Å². The molecule has 1 aromatic heterocycles. The zero-order chi connectivity index (χ0) is 13.8. The SMILES string of the molecule is CNc1nccc(N2CCCC(CC(C)C)C2)c1N. The lowest BCUT2D eigenvalue weighted by molar-refractivity contribution is 0.347. The smallest absolute Gasteiger partial charge is 0.151 e.